The number of aromatic nitrogens is 4. The molecule has 3 aromatic heterocycles. The number of rotatable bonds is 4. The zero-order valence-corrected chi connectivity index (χ0v) is 14.3. The lowest BCUT2D eigenvalue weighted by molar-refractivity contribution is 0.0704. The molecule has 1 aliphatic rings. The molecule has 0 atom stereocenters. The van der Waals surface area contributed by atoms with Crippen molar-refractivity contribution in [3.63, 3.8) is 0 Å². The Hall–Kier alpha value is -3.23. The lowest BCUT2D eigenvalue weighted by Crippen LogP contribution is -2.49. The number of amides is 1. The zero-order chi connectivity index (χ0) is 17.9. The fourth-order valence-corrected chi connectivity index (χ4v) is 2.84. The van der Waals surface area contributed by atoms with E-state index < -0.39 is 0 Å². The summed E-state index contributed by atoms with van der Waals surface area (Å²) in [5.74, 6) is 2.15. The summed E-state index contributed by atoms with van der Waals surface area (Å²) in [6, 6.07) is 5.45. The van der Waals surface area contributed by atoms with E-state index in [1.807, 2.05) is 19.1 Å². The van der Waals surface area contributed by atoms with Crippen LogP contribution in [0.5, 0.6) is 0 Å². The van der Waals surface area contributed by atoms with Gasteiger partial charge in [-0.15, -0.1) is 0 Å². The Labute approximate surface area is 149 Å². The molecule has 4 rings (SSSR count). The molecule has 1 amide bonds. The van der Waals surface area contributed by atoms with Crippen molar-refractivity contribution in [2.45, 2.75) is 13.3 Å². The number of carbonyl (C=O) groups is 1. The van der Waals surface area contributed by atoms with Crippen molar-refractivity contribution in [2.75, 3.05) is 31.1 Å². The molecule has 0 unspecified atom stereocenters. The maximum Gasteiger partial charge on any atom is 0.292 e. The smallest absolute Gasteiger partial charge is 0.292 e. The lowest BCUT2D eigenvalue weighted by Gasteiger charge is -2.34. The number of hydrogen-bond acceptors (Lipinski definition) is 8. The van der Waals surface area contributed by atoms with Gasteiger partial charge in [-0.3, -0.25) is 4.79 Å². The number of aryl methyl sites for hydroxylation is 1. The van der Waals surface area contributed by atoms with E-state index in [4.69, 9.17) is 9.05 Å². The fraction of sp³-hybridized carbons (Fsp3) is 0.353. The summed E-state index contributed by atoms with van der Waals surface area (Å²) in [4.78, 5) is 25.0. The van der Waals surface area contributed by atoms with E-state index >= 15 is 0 Å². The highest BCUT2D eigenvalue weighted by molar-refractivity contribution is 5.91. The molecule has 0 N–H and O–H groups in total. The van der Waals surface area contributed by atoms with Gasteiger partial charge < -0.3 is 18.8 Å². The van der Waals surface area contributed by atoms with Gasteiger partial charge in [-0.2, -0.15) is 4.98 Å². The summed E-state index contributed by atoms with van der Waals surface area (Å²) in [6.07, 6.45) is 3.92. The van der Waals surface area contributed by atoms with Gasteiger partial charge in [0.15, 0.2) is 0 Å². The normalized spacial score (nSPS) is 14.7. The molecule has 0 radical (unpaired) electrons. The third kappa shape index (κ3) is 3.15. The molecule has 1 fully saturated rings. The van der Waals surface area contributed by atoms with Gasteiger partial charge in [0, 0.05) is 50.4 Å². The maximum absolute atomic E-state index is 12.3. The van der Waals surface area contributed by atoms with E-state index in [9.17, 15) is 4.79 Å². The molecule has 1 aliphatic heterocycles. The number of piperazine rings is 1. The number of anilines is 1. The highest BCUT2D eigenvalue weighted by atomic mass is 16.5. The lowest BCUT2D eigenvalue weighted by atomic mass is 10.2. The van der Waals surface area contributed by atoms with Crippen LogP contribution in [-0.4, -0.2) is 57.3 Å². The molecule has 0 bridgehead atoms. The molecule has 9 nitrogen and oxygen atoms in total. The molecule has 0 spiro atoms. The molecule has 26 heavy (non-hydrogen) atoms. The van der Waals surface area contributed by atoms with Crippen LogP contribution in [0.3, 0.4) is 0 Å². The molecule has 9 heteroatoms. The van der Waals surface area contributed by atoms with Gasteiger partial charge in [-0.05, 0) is 12.1 Å². The van der Waals surface area contributed by atoms with Crippen molar-refractivity contribution >= 4 is 11.7 Å². The van der Waals surface area contributed by atoms with Gasteiger partial charge >= 0.3 is 0 Å². The van der Waals surface area contributed by atoms with Gasteiger partial charge in [-0.25, -0.2) is 4.98 Å². The van der Waals surface area contributed by atoms with Crippen LogP contribution in [-0.2, 0) is 6.42 Å². The van der Waals surface area contributed by atoms with Crippen LogP contribution in [0.4, 0.5) is 5.82 Å². The highest BCUT2D eigenvalue weighted by Gasteiger charge is 2.24. The van der Waals surface area contributed by atoms with Crippen LogP contribution in [0.15, 0.2) is 39.6 Å². The van der Waals surface area contributed by atoms with Crippen molar-refractivity contribution in [3.8, 4) is 11.4 Å². The Bertz CT molecular complexity index is 866. The van der Waals surface area contributed by atoms with Crippen molar-refractivity contribution in [3.05, 3.63) is 42.2 Å². The molecule has 0 aromatic carbocycles. The largest absolute Gasteiger partial charge is 0.353 e. The third-order valence-corrected chi connectivity index (χ3v) is 4.32. The number of carbonyl (C=O) groups excluding carboxylic acids is 1. The Balaban J connectivity index is 1.39. The van der Waals surface area contributed by atoms with E-state index in [2.05, 4.69) is 25.2 Å². The Morgan fingerprint density at radius 3 is 2.62 bits per heavy atom. The summed E-state index contributed by atoms with van der Waals surface area (Å²) in [5.41, 5.74) is 0.816. The summed E-state index contributed by atoms with van der Waals surface area (Å²) < 4.78 is 10.1. The van der Waals surface area contributed by atoms with Crippen LogP contribution in [0.2, 0.25) is 0 Å². The average Bonchev–Trinajstić information content (AvgIpc) is 3.40. The van der Waals surface area contributed by atoms with Crippen LogP contribution in [0, 0.1) is 0 Å². The topological polar surface area (TPSA) is 101 Å². The second kappa shape index (κ2) is 6.95. The second-order valence-electron chi connectivity index (χ2n) is 5.93. The number of nitrogens with zero attached hydrogens (tertiary/aromatic N) is 6. The minimum atomic E-state index is -0.130. The summed E-state index contributed by atoms with van der Waals surface area (Å²) in [7, 11) is 0. The molecule has 0 saturated carbocycles. The first-order valence-electron chi connectivity index (χ1n) is 8.48. The molecule has 4 heterocycles. The third-order valence-electron chi connectivity index (χ3n) is 4.32. The van der Waals surface area contributed by atoms with Crippen LogP contribution in [0.25, 0.3) is 11.4 Å². The quantitative estimate of drug-likeness (QED) is 0.697. The Morgan fingerprint density at radius 2 is 2.00 bits per heavy atom. The fourth-order valence-electron chi connectivity index (χ4n) is 2.84. The van der Waals surface area contributed by atoms with E-state index in [1.165, 1.54) is 6.20 Å². The first-order valence-corrected chi connectivity index (χ1v) is 8.48. The van der Waals surface area contributed by atoms with E-state index in [-0.39, 0.29) is 11.7 Å². The highest BCUT2D eigenvalue weighted by Crippen LogP contribution is 2.20. The Morgan fingerprint density at radius 1 is 1.15 bits per heavy atom. The van der Waals surface area contributed by atoms with E-state index in [0.29, 0.717) is 44.3 Å². The molecule has 1 saturated heterocycles. The SMILES string of the molecule is CCc1nc(-c2ccc(N3CCN(C(=O)c4ccno4)CC3)nc2)no1. The minimum absolute atomic E-state index is 0.130. The first-order chi connectivity index (χ1) is 12.7. The standard InChI is InChI=1S/C17H18N6O3/c1-2-15-20-16(21-26-15)12-3-4-14(18-11-12)22-7-9-23(10-8-22)17(24)13-5-6-19-25-13/h3-6,11H,2,7-10H2,1H3. The summed E-state index contributed by atoms with van der Waals surface area (Å²) in [6.45, 7) is 4.58. The van der Waals surface area contributed by atoms with Gasteiger partial charge in [0.25, 0.3) is 5.91 Å². The molecular weight excluding hydrogens is 336 g/mol. The molecule has 3 aromatic rings. The molecular formula is C17H18N6O3. The minimum Gasteiger partial charge on any atom is -0.353 e. The monoisotopic (exact) mass is 354 g/mol. The van der Waals surface area contributed by atoms with Crippen LogP contribution in [0.1, 0.15) is 23.4 Å². The predicted molar refractivity (Wildman–Crippen MR) is 91.5 cm³/mol. The van der Waals surface area contributed by atoms with Gasteiger partial charge in [0.2, 0.25) is 17.5 Å². The molecule has 0 aliphatic carbocycles. The van der Waals surface area contributed by atoms with Crippen molar-refractivity contribution in [2.24, 2.45) is 0 Å². The van der Waals surface area contributed by atoms with E-state index in [1.54, 1.807) is 17.2 Å². The second-order valence-corrected chi connectivity index (χ2v) is 5.93. The first kappa shape index (κ1) is 16.2. The van der Waals surface area contributed by atoms with Crippen LogP contribution >= 0.6 is 0 Å². The summed E-state index contributed by atoms with van der Waals surface area (Å²) in [5, 5.41) is 7.54. The Kier molecular flexibility index (Phi) is 4.34. The van der Waals surface area contributed by atoms with E-state index in [0.717, 1.165) is 11.4 Å². The maximum atomic E-state index is 12.3. The van der Waals surface area contributed by atoms with Gasteiger partial charge in [-0.1, -0.05) is 17.2 Å². The van der Waals surface area contributed by atoms with Crippen LogP contribution < -0.4 is 4.90 Å². The number of pyridine rings is 1. The van der Waals surface area contributed by atoms with Crippen molar-refractivity contribution < 1.29 is 13.8 Å². The zero-order valence-electron chi connectivity index (χ0n) is 14.3. The average molecular weight is 354 g/mol. The predicted octanol–water partition coefficient (Wildman–Crippen LogP) is 1.64. The van der Waals surface area contributed by atoms with Crippen molar-refractivity contribution in [1.82, 2.24) is 25.2 Å². The molecule has 134 valence electrons. The summed E-state index contributed by atoms with van der Waals surface area (Å²) >= 11 is 0. The van der Waals surface area contributed by atoms with Gasteiger partial charge in [0.1, 0.15) is 5.82 Å². The number of hydrogen-bond donors (Lipinski definition) is 0. The van der Waals surface area contributed by atoms with Gasteiger partial charge in [0.05, 0.1) is 6.20 Å². The van der Waals surface area contributed by atoms with Crippen molar-refractivity contribution in [1.29, 1.82) is 0 Å².